The number of carbonyl (C=O) groups excluding carboxylic acids is 1. The van der Waals surface area contributed by atoms with Gasteiger partial charge < -0.3 is 10.1 Å². The highest BCUT2D eigenvalue weighted by Gasteiger charge is 2.28. The molecule has 0 saturated carbocycles. The highest BCUT2D eigenvalue weighted by molar-refractivity contribution is 7.71. The van der Waals surface area contributed by atoms with Gasteiger partial charge in [0.05, 0.1) is 5.56 Å². The number of carbonyl (C=O) groups is 1. The van der Waals surface area contributed by atoms with Gasteiger partial charge in [0.25, 0.3) is 0 Å². The number of aromatic amines is 1. The summed E-state index contributed by atoms with van der Waals surface area (Å²) < 4.78 is 43.2. The molecular weight excluding hydrogens is 383 g/mol. The largest absolute Gasteiger partial charge is 0.483 e. The lowest BCUT2D eigenvalue weighted by Gasteiger charge is -2.12. The van der Waals surface area contributed by atoms with Crippen LogP contribution in [0.1, 0.15) is 24.7 Å². The zero-order chi connectivity index (χ0) is 20.0. The Kier molecular flexibility index (Phi) is 6.57. The van der Waals surface area contributed by atoms with Gasteiger partial charge in [-0.3, -0.25) is 14.5 Å². The van der Waals surface area contributed by atoms with E-state index in [0.717, 1.165) is 6.42 Å². The number of hydrogen-bond donors (Lipinski definition) is 2. The lowest BCUT2D eigenvalue weighted by Crippen LogP contribution is -2.21. The van der Waals surface area contributed by atoms with Gasteiger partial charge in [-0.2, -0.15) is 23.5 Å². The van der Waals surface area contributed by atoms with Gasteiger partial charge in [0.1, 0.15) is 24.2 Å². The van der Waals surface area contributed by atoms with Gasteiger partial charge in [-0.05, 0) is 36.8 Å². The Labute approximate surface area is 157 Å². The molecule has 0 saturated heterocycles. The predicted octanol–water partition coefficient (Wildman–Crippen LogP) is 3.34. The fourth-order valence-corrected chi connectivity index (χ4v) is 2.47. The molecule has 0 bridgehead atoms. The first kappa shape index (κ1) is 20.4. The van der Waals surface area contributed by atoms with Gasteiger partial charge in [0.15, 0.2) is 11.4 Å². The molecule has 0 unspecified atom stereocenters. The van der Waals surface area contributed by atoms with E-state index in [1.54, 1.807) is 10.6 Å². The molecule has 1 aromatic heterocycles. The molecule has 0 aliphatic rings. The molecule has 144 valence electrons. The average molecular weight is 399 g/mol. The van der Waals surface area contributed by atoms with Crippen molar-refractivity contribution in [2.45, 2.75) is 32.5 Å². The normalized spacial score (nSPS) is 11.1. The Hall–Kier alpha value is -2.87. The molecule has 27 heavy (non-hydrogen) atoms. The number of nitrogens with one attached hydrogen (secondary N) is 2. The Morgan fingerprint density at radius 2 is 2.22 bits per heavy atom. The summed E-state index contributed by atoms with van der Waals surface area (Å²) in [6.07, 6.45) is -3.05. The van der Waals surface area contributed by atoms with Crippen LogP contribution < -0.4 is 10.1 Å². The minimum atomic E-state index is -4.51. The number of nitriles is 1. The average Bonchev–Trinajstić information content (AvgIpc) is 2.93. The zero-order valence-electron chi connectivity index (χ0n) is 14.3. The molecule has 0 aliphatic carbocycles. The summed E-state index contributed by atoms with van der Waals surface area (Å²) in [5, 5.41) is 18.4. The van der Waals surface area contributed by atoms with Gasteiger partial charge in [-0.25, -0.2) is 0 Å². The molecule has 0 spiro atoms. The summed E-state index contributed by atoms with van der Waals surface area (Å²) in [7, 11) is 0. The number of aryl methyl sites for hydroxylation is 1. The molecule has 2 rings (SSSR count). The molecule has 0 atom stereocenters. The number of ether oxygens (including phenoxy) is 1. The third-order valence-electron chi connectivity index (χ3n) is 3.39. The number of alkyl halides is 3. The SMILES string of the molecule is CCCc1n[nH]c(=S)n1CC(=O)Nc1ccc(OCC(F)(F)F)c(C#N)c1. The maximum atomic E-state index is 12.2. The number of benzene rings is 1. The smallest absolute Gasteiger partial charge is 0.422 e. The fourth-order valence-electron chi connectivity index (χ4n) is 2.25. The van der Waals surface area contributed by atoms with Crippen LogP contribution in [0.15, 0.2) is 18.2 Å². The van der Waals surface area contributed by atoms with E-state index in [-0.39, 0.29) is 23.5 Å². The third kappa shape index (κ3) is 5.82. The standard InChI is InChI=1S/C16H16F3N5O2S/c1-2-3-13-22-23-15(27)24(13)8-14(25)21-11-4-5-12(10(6-11)7-20)26-9-16(17,18)19/h4-6H,2-3,8-9H2,1H3,(H,21,25)(H,23,27). The van der Waals surface area contributed by atoms with Crippen molar-refractivity contribution in [2.75, 3.05) is 11.9 Å². The number of anilines is 1. The number of aromatic nitrogens is 3. The van der Waals surface area contributed by atoms with Gasteiger partial charge in [-0.15, -0.1) is 0 Å². The van der Waals surface area contributed by atoms with E-state index in [9.17, 15) is 18.0 Å². The highest BCUT2D eigenvalue weighted by Crippen LogP contribution is 2.25. The van der Waals surface area contributed by atoms with Crippen LogP contribution in [0.4, 0.5) is 18.9 Å². The van der Waals surface area contributed by atoms with E-state index in [1.807, 2.05) is 6.92 Å². The summed E-state index contributed by atoms with van der Waals surface area (Å²) in [6, 6.07) is 5.54. The minimum Gasteiger partial charge on any atom is -0.483 e. The molecular formula is C16H16F3N5O2S. The van der Waals surface area contributed by atoms with E-state index in [4.69, 9.17) is 17.5 Å². The maximum Gasteiger partial charge on any atom is 0.422 e. The van der Waals surface area contributed by atoms with Gasteiger partial charge in [-0.1, -0.05) is 6.92 Å². The van der Waals surface area contributed by atoms with E-state index in [0.29, 0.717) is 17.0 Å². The van der Waals surface area contributed by atoms with Gasteiger partial charge >= 0.3 is 6.18 Å². The molecule has 7 nitrogen and oxygen atoms in total. The molecule has 2 aromatic rings. The van der Waals surface area contributed by atoms with Crippen molar-refractivity contribution in [1.82, 2.24) is 14.8 Å². The molecule has 0 fully saturated rings. The molecule has 0 aliphatic heterocycles. The molecule has 1 amide bonds. The number of amides is 1. The topological polar surface area (TPSA) is 95.7 Å². The summed E-state index contributed by atoms with van der Waals surface area (Å²) in [6.45, 7) is 0.374. The maximum absolute atomic E-state index is 12.2. The van der Waals surface area contributed by atoms with Crippen molar-refractivity contribution in [3.05, 3.63) is 34.4 Å². The van der Waals surface area contributed by atoms with Crippen molar-refractivity contribution in [3.8, 4) is 11.8 Å². The second-order valence-corrected chi connectivity index (χ2v) is 5.94. The summed E-state index contributed by atoms with van der Waals surface area (Å²) in [5.74, 6) is 0.0130. The van der Waals surface area contributed by atoms with E-state index in [1.165, 1.54) is 18.2 Å². The molecule has 2 N–H and O–H groups in total. The Balaban J connectivity index is 2.09. The van der Waals surface area contributed by atoms with Crippen LogP contribution in [0.5, 0.6) is 5.75 Å². The van der Waals surface area contributed by atoms with Crippen molar-refractivity contribution >= 4 is 23.8 Å². The Bertz CT molecular complexity index is 914. The first-order valence-electron chi connectivity index (χ1n) is 7.91. The van der Waals surface area contributed by atoms with E-state index < -0.39 is 18.7 Å². The Morgan fingerprint density at radius 1 is 1.48 bits per heavy atom. The van der Waals surface area contributed by atoms with Crippen molar-refractivity contribution < 1.29 is 22.7 Å². The van der Waals surface area contributed by atoms with Crippen LogP contribution in [0.2, 0.25) is 0 Å². The second-order valence-electron chi connectivity index (χ2n) is 5.56. The third-order valence-corrected chi connectivity index (χ3v) is 3.70. The molecule has 0 radical (unpaired) electrons. The van der Waals surface area contributed by atoms with Crippen LogP contribution in [0.3, 0.4) is 0 Å². The van der Waals surface area contributed by atoms with Crippen molar-refractivity contribution in [1.29, 1.82) is 5.26 Å². The summed E-state index contributed by atoms with van der Waals surface area (Å²) >= 11 is 5.10. The van der Waals surface area contributed by atoms with E-state index >= 15 is 0 Å². The minimum absolute atomic E-state index is 0.0844. The van der Waals surface area contributed by atoms with Crippen molar-refractivity contribution in [3.63, 3.8) is 0 Å². The van der Waals surface area contributed by atoms with Crippen molar-refractivity contribution in [2.24, 2.45) is 0 Å². The number of hydrogen-bond acceptors (Lipinski definition) is 5. The quantitative estimate of drug-likeness (QED) is 0.696. The van der Waals surface area contributed by atoms with Crippen LogP contribution in [0.25, 0.3) is 0 Å². The summed E-state index contributed by atoms with van der Waals surface area (Å²) in [4.78, 5) is 12.2. The fraction of sp³-hybridized carbons (Fsp3) is 0.375. The number of halogens is 3. The number of rotatable bonds is 7. The summed E-state index contributed by atoms with van der Waals surface area (Å²) in [5.41, 5.74) is 0.131. The van der Waals surface area contributed by atoms with Crippen LogP contribution in [-0.2, 0) is 17.8 Å². The highest BCUT2D eigenvalue weighted by atomic mass is 32.1. The Morgan fingerprint density at radius 3 is 2.85 bits per heavy atom. The zero-order valence-corrected chi connectivity index (χ0v) is 15.1. The number of H-pyrrole nitrogens is 1. The van der Waals surface area contributed by atoms with Crippen LogP contribution in [-0.4, -0.2) is 33.5 Å². The first-order chi connectivity index (χ1) is 12.7. The van der Waals surface area contributed by atoms with Crippen LogP contribution in [0, 0.1) is 16.1 Å². The van der Waals surface area contributed by atoms with E-state index in [2.05, 4.69) is 20.3 Å². The first-order valence-corrected chi connectivity index (χ1v) is 8.32. The molecule has 1 aromatic carbocycles. The van der Waals surface area contributed by atoms with Crippen LogP contribution >= 0.6 is 12.2 Å². The van der Waals surface area contributed by atoms with Gasteiger partial charge in [0.2, 0.25) is 5.91 Å². The lowest BCUT2D eigenvalue weighted by molar-refractivity contribution is -0.153. The monoisotopic (exact) mass is 399 g/mol. The predicted molar refractivity (Wildman–Crippen MR) is 92.7 cm³/mol. The van der Waals surface area contributed by atoms with Gasteiger partial charge in [0, 0.05) is 12.1 Å². The molecule has 1 heterocycles. The molecule has 11 heteroatoms. The second kappa shape index (κ2) is 8.68. The lowest BCUT2D eigenvalue weighted by atomic mass is 10.2. The number of nitrogens with zero attached hydrogens (tertiary/aromatic N) is 3.